The van der Waals surface area contributed by atoms with Crippen LogP contribution in [-0.4, -0.2) is 29.8 Å². The lowest BCUT2D eigenvalue weighted by Gasteiger charge is -2.19. The Labute approximate surface area is 151 Å². The summed E-state index contributed by atoms with van der Waals surface area (Å²) in [6.45, 7) is 3.54. The van der Waals surface area contributed by atoms with E-state index in [-0.39, 0.29) is 11.8 Å². The van der Waals surface area contributed by atoms with Gasteiger partial charge in [-0.1, -0.05) is 12.1 Å². The lowest BCUT2D eigenvalue weighted by molar-refractivity contribution is 0.0794. The molecular formula is C20H22N2O2S. The Morgan fingerprint density at radius 3 is 2.68 bits per heavy atom. The van der Waals surface area contributed by atoms with Crippen molar-refractivity contribution in [3.63, 3.8) is 0 Å². The van der Waals surface area contributed by atoms with Gasteiger partial charge in [0.15, 0.2) is 0 Å². The number of thiophene rings is 1. The van der Waals surface area contributed by atoms with Crippen molar-refractivity contribution in [3.8, 4) is 0 Å². The fourth-order valence-electron chi connectivity index (χ4n) is 3.72. The van der Waals surface area contributed by atoms with Gasteiger partial charge in [-0.2, -0.15) is 0 Å². The number of para-hydroxylation sites is 1. The van der Waals surface area contributed by atoms with Crippen molar-refractivity contribution in [2.75, 3.05) is 18.4 Å². The number of amides is 2. The minimum atomic E-state index is -0.107. The molecule has 4 nitrogen and oxygen atoms in total. The highest BCUT2D eigenvalue weighted by Crippen LogP contribution is 2.32. The minimum absolute atomic E-state index is 0.0187. The number of aryl methyl sites for hydroxylation is 3. The van der Waals surface area contributed by atoms with Gasteiger partial charge in [-0.3, -0.25) is 9.59 Å². The first-order chi connectivity index (χ1) is 12.1. The number of fused-ring (bicyclic) bond motifs is 1. The van der Waals surface area contributed by atoms with Crippen molar-refractivity contribution in [2.24, 2.45) is 0 Å². The van der Waals surface area contributed by atoms with Crippen molar-refractivity contribution < 1.29 is 9.59 Å². The topological polar surface area (TPSA) is 49.4 Å². The Morgan fingerprint density at radius 1 is 1.12 bits per heavy atom. The smallest absolute Gasteiger partial charge is 0.265 e. The molecule has 0 unspecified atom stereocenters. The molecule has 5 heteroatoms. The van der Waals surface area contributed by atoms with Crippen molar-refractivity contribution in [1.82, 2.24) is 4.90 Å². The lowest BCUT2D eigenvalue weighted by Crippen LogP contribution is -2.29. The highest BCUT2D eigenvalue weighted by molar-refractivity contribution is 7.14. The maximum absolute atomic E-state index is 12.8. The Hall–Kier alpha value is -2.14. The first kappa shape index (κ1) is 16.3. The summed E-state index contributed by atoms with van der Waals surface area (Å²) in [5.41, 5.74) is 3.48. The molecular weight excluding hydrogens is 332 g/mol. The molecule has 25 heavy (non-hydrogen) atoms. The number of carbonyl (C=O) groups excluding carboxylic acids is 2. The first-order valence-corrected chi connectivity index (χ1v) is 9.77. The molecule has 1 N–H and O–H groups in total. The van der Waals surface area contributed by atoms with E-state index in [4.69, 9.17) is 0 Å². The quantitative estimate of drug-likeness (QED) is 0.904. The van der Waals surface area contributed by atoms with Gasteiger partial charge in [0, 0.05) is 18.0 Å². The Balaban J connectivity index is 1.60. The van der Waals surface area contributed by atoms with E-state index in [1.807, 2.05) is 36.1 Å². The highest BCUT2D eigenvalue weighted by atomic mass is 32.1. The second-order valence-corrected chi connectivity index (χ2v) is 8.00. The number of benzene rings is 1. The van der Waals surface area contributed by atoms with Crippen molar-refractivity contribution >= 4 is 28.8 Å². The van der Waals surface area contributed by atoms with Crippen LogP contribution in [0.5, 0.6) is 0 Å². The molecule has 2 aliphatic rings. The van der Waals surface area contributed by atoms with Gasteiger partial charge < -0.3 is 10.2 Å². The van der Waals surface area contributed by atoms with Gasteiger partial charge in [0.25, 0.3) is 11.8 Å². The third-order valence-electron chi connectivity index (χ3n) is 5.11. The van der Waals surface area contributed by atoms with Crippen LogP contribution in [-0.2, 0) is 12.8 Å². The number of hydrogen-bond donors (Lipinski definition) is 1. The van der Waals surface area contributed by atoms with E-state index in [2.05, 4.69) is 5.32 Å². The molecule has 0 saturated carbocycles. The summed E-state index contributed by atoms with van der Waals surface area (Å²) in [5.74, 6) is -0.0886. The zero-order valence-electron chi connectivity index (χ0n) is 14.4. The summed E-state index contributed by atoms with van der Waals surface area (Å²) in [4.78, 5) is 29.5. The van der Waals surface area contributed by atoms with Crippen LogP contribution in [0.15, 0.2) is 24.3 Å². The molecule has 0 bridgehead atoms. The summed E-state index contributed by atoms with van der Waals surface area (Å²) in [6.07, 6.45) is 5.45. The molecule has 1 aromatic carbocycles. The average molecular weight is 354 g/mol. The highest BCUT2D eigenvalue weighted by Gasteiger charge is 2.24. The molecule has 1 aromatic heterocycles. The summed E-state index contributed by atoms with van der Waals surface area (Å²) in [5, 5.41) is 3.01. The molecule has 2 heterocycles. The van der Waals surface area contributed by atoms with Crippen LogP contribution in [0.1, 0.15) is 55.3 Å². The molecule has 1 aliphatic carbocycles. The van der Waals surface area contributed by atoms with Gasteiger partial charge in [0.05, 0.1) is 16.1 Å². The van der Waals surface area contributed by atoms with Crippen LogP contribution < -0.4 is 5.32 Å². The summed E-state index contributed by atoms with van der Waals surface area (Å²) in [7, 11) is 0. The fraction of sp³-hybridized carbons (Fsp3) is 0.400. The standard InChI is InChI=1S/C20H22N2O2S/c1-13-6-4-8-15(20(24)22-10-2-3-11-22)18(13)21-19(23)17-12-14-7-5-9-16(14)25-17/h4,6,8,12H,2-3,5,7,9-11H2,1H3,(H,21,23). The van der Waals surface area contributed by atoms with Crippen LogP contribution in [0, 0.1) is 6.92 Å². The number of nitrogens with zero attached hydrogens (tertiary/aromatic N) is 1. The Morgan fingerprint density at radius 2 is 1.92 bits per heavy atom. The third-order valence-corrected chi connectivity index (χ3v) is 6.34. The van der Waals surface area contributed by atoms with Crippen molar-refractivity contribution in [1.29, 1.82) is 0 Å². The summed E-state index contributed by atoms with van der Waals surface area (Å²) >= 11 is 1.59. The maximum Gasteiger partial charge on any atom is 0.265 e. The monoisotopic (exact) mass is 354 g/mol. The van der Waals surface area contributed by atoms with Crippen molar-refractivity contribution in [3.05, 3.63) is 50.7 Å². The molecule has 0 spiro atoms. The number of nitrogens with one attached hydrogen (secondary N) is 1. The summed E-state index contributed by atoms with van der Waals surface area (Å²) < 4.78 is 0. The predicted molar refractivity (Wildman–Crippen MR) is 101 cm³/mol. The fourth-order valence-corrected chi connectivity index (χ4v) is 4.87. The second-order valence-electron chi connectivity index (χ2n) is 6.86. The minimum Gasteiger partial charge on any atom is -0.339 e. The predicted octanol–water partition coefficient (Wildman–Crippen LogP) is 4.03. The van der Waals surface area contributed by atoms with E-state index in [0.717, 1.165) is 49.2 Å². The number of hydrogen-bond acceptors (Lipinski definition) is 3. The van der Waals surface area contributed by atoms with E-state index >= 15 is 0 Å². The molecule has 1 fully saturated rings. The molecule has 4 rings (SSSR count). The lowest BCUT2D eigenvalue weighted by atomic mass is 10.1. The molecule has 1 saturated heterocycles. The van der Waals surface area contributed by atoms with Gasteiger partial charge in [0.1, 0.15) is 0 Å². The van der Waals surface area contributed by atoms with Crippen LogP contribution >= 0.6 is 11.3 Å². The van der Waals surface area contributed by atoms with E-state index < -0.39 is 0 Å². The number of likely N-dealkylation sites (tertiary alicyclic amines) is 1. The Bertz CT molecular complexity index is 813. The number of rotatable bonds is 3. The van der Waals surface area contributed by atoms with E-state index in [1.54, 1.807) is 11.3 Å². The average Bonchev–Trinajstić information content (AvgIpc) is 3.32. The first-order valence-electron chi connectivity index (χ1n) is 8.95. The largest absolute Gasteiger partial charge is 0.339 e. The second kappa shape index (κ2) is 6.64. The molecule has 0 radical (unpaired) electrons. The zero-order chi connectivity index (χ0) is 17.4. The zero-order valence-corrected chi connectivity index (χ0v) is 15.2. The van der Waals surface area contributed by atoms with Gasteiger partial charge in [-0.05, 0) is 62.3 Å². The Kier molecular flexibility index (Phi) is 4.34. The van der Waals surface area contributed by atoms with Gasteiger partial charge in [0.2, 0.25) is 0 Å². The number of anilines is 1. The molecule has 1 aliphatic heterocycles. The molecule has 2 aromatic rings. The van der Waals surface area contributed by atoms with Crippen molar-refractivity contribution in [2.45, 2.75) is 39.0 Å². The van der Waals surface area contributed by atoms with Gasteiger partial charge in [-0.15, -0.1) is 11.3 Å². The van der Waals surface area contributed by atoms with Crippen LogP contribution in [0.4, 0.5) is 5.69 Å². The van der Waals surface area contributed by atoms with Gasteiger partial charge in [-0.25, -0.2) is 0 Å². The normalized spacial score (nSPS) is 16.1. The van der Waals surface area contributed by atoms with Gasteiger partial charge >= 0.3 is 0 Å². The molecule has 0 atom stereocenters. The van der Waals surface area contributed by atoms with E-state index in [1.165, 1.54) is 16.9 Å². The molecule has 130 valence electrons. The van der Waals surface area contributed by atoms with Crippen LogP contribution in [0.2, 0.25) is 0 Å². The SMILES string of the molecule is Cc1cccc(C(=O)N2CCCC2)c1NC(=O)c1cc2c(s1)CCC2. The van der Waals surface area contributed by atoms with E-state index in [9.17, 15) is 9.59 Å². The third kappa shape index (κ3) is 3.09. The van der Waals surface area contributed by atoms with Crippen LogP contribution in [0.25, 0.3) is 0 Å². The van der Waals surface area contributed by atoms with Crippen LogP contribution in [0.3, 0.4) is 0 Å². The molecule has 2 amide bonds. The van der Waals surface area contributed by atoms with E-state index in [0.29, 0.717) is 11.3 Å². The number of carbonyl (C=O) groups is 2. The summed E-state index contributed by atoms with van der Waals surface area (Å²) in [6, 6.07) is 7.65. The maximum atomic E-state index is 12.8.